The molecule has 2 rings (SSSR count). The Labute approximate surface area is 97.8 Å². The molecule has 0 spiro atoms. The highest BCUT2D eigenvalue weighted by Gasteiger charge is 2.20. The van der Waals surface area contributed by atoms with Crippen LogP contribution in [0.5, 0.6) is 5.75 Å². The predicted molar refractivity (Wildman–Crippen MR) is 62.5 cm³/mol. The number of aryl methyl sites for hydroxylation is 1. The molecule has 16 heavy (non-hydrogen) atoms. The maximum absolute atomic E-state index is 11.4. The second-order valence-electron chi connectivity index (χ2n) is 3.40. The first-order valence-electron chi connectivity index (χ1n) is 4.52. The minimum absolute atomic E-state index is 0.0733. The quantitative estimate of drug-likeness (QED) is 0.776. The summed E-state index contributed by atoms with van der Waals surface area (Å²) in [6.07, 6.45) is 1.48. The fourth-order valence-corrected chi connectivity index (χ4v) is 2.81. The topological polar surface area (TPSA) is 48.3 Å². The average molecular weight is 260 g/mol. The molecule has 4 nitrogen and oxygen atoms in total. The van der Waals surface area contributed by atoms with Gasteiger partial charge in [0.05, 0.1) is 18.0 Å². The molecule has 0 aliphatic rings. The number of fused-ring (bicyclic) bond motifs is 1. The molecule has 0 radical (unpaired) electrons. The molecule has 0 saturated carbocycles. The molecule has 86 valence electrons. The largest absolute Gasteiger partial charge is 0.496 e. The number of nitrogens with zero attached hydrogens (tertiary/aromatic N) is 1. The SMILES string of the molecule is COc1cccc2c1c(S(=O)(=O)Cl)cn2C. The molecule has 0 saturated heterocycles. The maximum Gasteiger partial charge on any atom is 0.263 e. The van der Waals surface area contributed by atoms with E-state index in [1.165, 1.54) is 13.3 Å². The van der Waals surface area contributed by atoms with Gasteiger partial charge in [0.1, 0.15) is 10.6 Å². The molecule has 1 aromatic carbocycles. The first-order valence-corrected chi connectivity index (χ1v) is 6.83. The molecule has 0 unspecified atom stereocenters. The zero-order chi connectivity index (χ0) is 11.9. The number of methoxy groups -OCH3 is 1. The van der Waals surface area contributed by atoms with Crippen LogP contribution in [0.2, 0.25) is 0 Å². The molecule has 0 bridgehead atoms. The Morgan fingerprint density at radius 3 is 2.62 bits per heavy atom. The van der Waals surface area contributed by atoms with Crippen molar-refractivity contribution >= 4 is 30.6 Å². The van der Waals surface area contributed by atoms with E-state index >= 15 is 0 Å². The van der Waals surface area contributed by atoms with Gasteiger partial charge in [-0.15, -0.1) is 0 Å². The van der Waals surface area contributed by atoms with Crippen molar-refractivity contribution < 1.29 is 13.2 Å². The number of ether oxygens (including phenoxy) is 1. The molecule has 0 aliphatic heterocycles. The summed E-state index contributed by atoms with van der Waals surface area (Å²) in [5.74, 6) is 0.498. The van der Waals surface area contributed by atoms with Gasteiger partial charge in [-0.3, -0.25) is 0 Å². The Balaban J connectivity index is 2.97. The highest BCUT2D eigenvalue weighted by molar-refractivity contribution is 8.14. The Kier molecular flexibility index (Phi) is 2.59. The third-order valence-electron chi connectivity index (χ3n) is 2.42. The lowest BCUT2D eigenvalue weighted by molar-refractivity contribution is 0.419. The number of benzene rings is 1. The Morgan fingerprint density at radius 1 is 1.38 bits per heavy atom. The first-order chi connectivity index (χ1) is 7.45. The van der Waals surface area contributed by atoms with E-state index < -0.39 is 9.05 Å². The summed E-state index contributed by atoms with van der Waals surface area (Å²) in [6, 6.07) is 5.31. The molecule has 0 fully saturated rings. The summed E-state index contributed by atoms with van der Waals surface area (Å²) < 4.78 is 29.7. The number of halogens is 1. The fraction of sp³-hybridized carbons (Fsp3) is 0.200. The van der Waals surface area contributed by atoms with Crippen LogP contribution in [-0.2, 0) is 16.1 Å². The van der Waals surface area contributed by atoms with E-state index in [1.807, 2.05) is 6.07 Å². The molecule has 0 amide bonds. The van der Waals surface area contributed by atoms with Crippen molar-refractivity contribution in [3.8, 4) is 5.75 Å². The molecule has 1 aromatic heterocycles. The number of hydrogen-bond acceptors (Lipinski definition) is 3. The zero-order valence-corrected chi connectivity index (χ0v) is 10.3. The van der Waals surface area contributed by atoms with Crippen LogP contribution < -0.4 is 4.74 Å². The lowest BCUT2D eigenvalue weighted by atomic mass is 10.2. The average Bonchev–Trinajstić information content (AvgIpc) is 2.56. The highest BCUT2D eigenvalue weighted by atomic mass is 35.7. The van der Waals surface area contributed by atoms with Crippen LogP contribution >= 0.6 is 10.7 Å². The van der Waals surface area contributed by atoms with E-state index in [4.69, 9.17) is 15.4 Å². The molecular formula is C10H10ClNO3S. The minimum atomic E-state index is -3.77. The Morgan fingerprint density at radius 2 is 2.06 bits per heavy atom. The van der Waals surface area contributed by atoms with Crippen LogP contribution in [0.4, 0.5) is 0 Å². The van der Waals surface area contributed by atoms with E-state index in [-0.39, 0.29) is 4.90 Å². The second-order valence-corrected chi connectivity index (χ2v) is 5.93. The predicted octanol–water partition coefficient (Wildman–Crippen LogP) is 2.11. The van der Waals surface area contributed by atoms with Crippen molar-refractivity contribution in [2.75, 3.05) is 7.11 Å². The van der Waals surface area contributed by atoms with Crippen molar-refractivity contribution in [2.24, 2.45) is 7.05 Å². The second kappa shape index (κ2) is 3.68. The van der Waals surface area contributed by atoms with Gasteiger partial charge in [-0.05, 0) is 12.1 Å². The van der Waals surface area contributed by atoms with Gasteiger partial charge >= 0.3 is 0 Å². The lowest BCUT2D eigenvalue weighted by Crippen LogP contribution is -1.90. The van der Waals surface area contributed by atoms with Crippen LogP contribution in [-0.4, -0.2) is 20.1 Å². The standard InChI is InChI=1S/C10H10ClNO3S/c1-12-6-9(16(11,13)14)10-7(12)4-3-5-8(10)15-2/h3-6H,1-2H3. The summed E-state index contributed by atoms with van der Waals surface area (Å²) in [5, 5.41) is 0.516. The van der Waals surface area contributed by atoms with E-state index in [9.17, 15) is 8.42 Å². The summed E-state index contributed by atoms with van der Waals surface area (Å²) in [4.78, 5) is 0.0733. The number of rotatable bonds is 2. The van der Waals surface area contributed by atoms with Crippen molar-refractivity contribution in [3.63, 3.8) is 0 Å². The molecule has 1 heterocycles. The van der Waals surface area contributed by atoms with Crippen molar-refractivity contribution in [3.05, 3.63) is 24.4 Å². The lowest BCUT2D eigenvalue weighted by Gasteiger charge is -2.03. The van der Waals surface area contributed by atoms with Gasteiger partial charge in [0.25, 0.3) is 9.05 Å². The zero-order valence-electron chi connectivity index (χ0n) is 8.77. The monoisotopic (exact) mass is 259 g/mol. The van der Waals surface area contributed by atoms with E-state index in [1.54, 1.807) is 23.7 Å². The van der Waals surface area contributed by atoms with Crippen molar-refractivity contribution in [2.45, 2.75) is 4.90 Å². The van der Waals surface area contributed by atoms with Gasteiger partial charge < -0.3 is 9.30 Å². The maximum atomic E-state index is 11.4. The number of hydrogen-bond donors (Lipinski definition) is 0. The number of aromatic nitrogens is 1. The summed E-state index contributed by atoms with van der Waals surface area (Å²) in [6.45, 7) is 0. The molecule has 0 N–H and O–H groups in total. The third kappa shape index (κ3) is 1.66. The van der Waals surface area contributed by atoms with Gasteiger partial charge in [-0.2, -0.15) is 0 Å². The third-order valence-corrected chi connectivity index (χ3v) is 3.76. The first kappa shape index (κ1) is 11.3. The van der Waals surface area contributed by atoms with Gasteiger partial charge in [0.2, 0.25) is 0 Å². The highest BCUT2D eigenvalue weighted by Crippen LogP contribution is 2.34. The Bertz CT molecular complexity index is 645. The summed E-state index contributed by atoms with van der Waals surface area (Å²) in [5.41, 5.74) is 0.763. The van der Waals surface area contributed by atoms with Gasteiger partial charge in [-0.1, -0.05) is 6.07 Å². The van der Waals surface area contributed by atoms with Gasteiger partial charge in [0, 0.05) is 23.9 Å². The smallest absolute Gasteiger partial charge is 0.263 e. The summed E-state index contributed by atoms with van der Waals surface area (Å²) in [7, 11) is 4.86. The fourth-order valence-electron chi connectivity index (χ4n) is 1.73. The molecule has 0 atom stereocenters. The molecule has 0 aliphatic carbocycles. The van der Waals surface area contributed by atoms with Crippen LogP contribution in [0.15, 0.2) is 29.3 Å². The van der Waals surface area contributed by atoms with E-state index in [0.717, 1.165) is 5.52 Å². The summed E-state index contributed by atoms with van der Waals surface area (Å²) >= 11 is 0. The van der Waals surface area contributed by atoms with E-state index in [2.05, 4.69) is 0 Å². The van der Waals surface area contributed by atoms with Crippen LogP contribution in [0.25, 0.3) is 10.9 Å². The van der Waals surface area contributed by atoms with Crippen LogP contribution in [0.3, 0.4) is 0 Å². The molecule has 2 aromatic rings. The van der Waals surface area contributed by atoms with Gasteiger partial charge in [-0.25, -0.2) is 8.42 Å². The normalized spacial score (nSPS) is 11.9. The van der Waals surface area contributed by atoms with Crippen LogP contribution in [0, 0.1) is 0 Å². The van der Waals surface area contributed by atoms with Crippen molar-refractivity contribution in [1.29, 1.82) is 0 Å². The molecular weight excluding hydrogens is 250 g/mol. The van der Waals surface area contributed by atoms with Gasteiger partial charge in [0.15, 0.2) is 0 Å². The van der Waals surface area contributed by atoms with Crippen LogP contribution in [0.1, 0.15) is 0 Å². The van der Waals surface area contributed by atoms with E-state index in [0.29, 0.717) is 11.1 Å². The molecule has 6 heteroatoms. The van der Waals surface area contributed by atoms with Crippen molar-refractivity contribution in [1.82, 2.24) is 4.57 Å². The Hall–Kier alpha value is -1.20. The minimum Gasteiger partial charge on any atom is -0.496 e.